The molecule has 0 saturated heterocycles. The average Bonchev–Trinajstić information content (AvgIpc) is 2.43. The molecule has 0 spiro atoms. The molecule has 2 aromatic rings. The lowest BCUT2D eigenvalue weighted by Crippen LogP contribution is -2.11. The van der Waals surface area contributed by atoms with Crippen LogP contribution in [0, 0.1) is 0 Å². The summed E-state index contributed by atoms with van der Waals surface area (Å²) < 4.78 is 0. The average molecular weight is 234 g/mol. The Bertz CT molecular complexity index is 707. The Hall–Kier alpha value is -1.89. The van der Waals surface area contributed by atoms with E-state index < -0.39 is 0 Å². The van der Waals surface area contributed by atoms with Crippen LogP contribution in [0.1, 0.15) is 39.9 Å². The topological polar surface area (TPSA) is 17.1 Å². The fourth-order valence-corrected chi connectivity index (χ4v) is 3.33. The summed E-state index contributed by atoms with van der Waals surface area (Å²) in [6.07, 6.45) is 8.25. The number of rotatable bonds is 0. The first kappa shape index (κ1) is 10.1. The van der Waals surface area contributed by atoms with Gasteiger partial charge in [-0.25, -0.2) is 0 Å². The van der Waals surface area contributed by atoms with E-state index in [1.165, 1.54) is 27.5 Å². The Morgan fingerprint density at radius 3 is 2.94 bits per heavy atom. The van der Waals surface area contributed by atoms with Crippen molar-refractivity contribution in [2.75, 3.05) is 0 Å². The van der Waals surface area contributed by atoms with Gasteiger partial charge in [0.2, 0.25) is 0 Å². The van der Waals surface area contributed by atoms with Gasteiger partial charge >= 0.3 is 0 Å². The molecule has 0 atom stereocenters. The maximum atomic E-state index is 12.0. The van der Waals surface area contributed by atoms with Gasteiger partial charge in [-0.05, 0) is 46.7 Å². The Morgan fingerprint density at radius 1 is 1.06 bits per heavy atom. The number of ketones is 1. The van der Waals surface area contributed by atoms with Crippen molar-refractivity contribution in [1.29, 1.82) is 0 Å². The minimum Gasteiger partial charge on any atom is -0.294 e. The Balaban J connectivity index is 2.19. The molecule has 0 aromatic heterocycles. The minimum atomic E-state index is 0.305. The van der Waals surface area contributed by atoms with Crippen LogP contribution in [-0.2, 0) is 12.8 Å². The van der Waals surface area contributed by atoms with Crippen molar-refractivity contribution < 1.29 is 4.79 Å². The van der Waals surface area contributed by atoms with E-state index in [0.29, 0.717) is 12.2 Å². The number of benzene rings is 2. The van der Waals surface area contributed by atoms with Crippen LogP contribution in [0.15, 0.2) is 30.3 Å². The second-order valence-electron chi connectivity index (χ2n) is 5.20. The SMILES string of the molecule is O=C1CCc2cc3c(c4cccc1c24)CCC=C3. The van der Waals surface area contributed by atoms with Crippen molar-refractivity contribution in [1.82, 2.24) is 0 Å². The van der Waals surface area contributed by atoms with Gasteiger partial charge in [-0.3, -0.25) is 4.79 Å². The number of hydrogen-bond acceptors (Lipinski definition) is 1. The molecule has 2 aliphatic rings. The van der Waals surface area contributed by atoms with Gasteiger partial charge < -0.3 is 0 Å². The van der Waals surface area contributed by atoms with Crippen LogP contribution in [0.5, 0.6) is 0 Å². The van der Waals surface area contributed by atoms with Crippen LogP contribution in [-0.4, -0.2) is 5.78 Å². The van der Waals surface area contributed by atoms with Gasteiger partial charge in [0.15, 0.2) is 5.78 Å². The highest BCUT2D eigenvalue weighted by atomic mass is 16.1. The molecule has 2 aromatic carbocycles. The normalized spacial score (nSPS) is 17.0. The van der Waals surface area contributed by atoms with Gasteiger partial charge in [0.25, 0.3) is 0 Å². The molecule has 18 heavy (non-hydrogen) atoms. The van der Waals surface area contributed by atoms with Crippen molar-refractivity contribution in [3.8, 4) is 0 Å². The molecule has 2 aliphatic carbocycles. The van der Waals surface area contributed by atoms with Crippen LogP contribution in [0.2, 0.25) is 0 Å². The van der Waals surface area contributed by atoms with Crippen molar-refractivity contribution >= 4 is 22.6 Å². The maximum Gasteiger partial charge on any atom is 0.163 e. The van der Waals surface area contributed by atoms with E-state index in [1.54, 1.807) is 0 Å². The lowest BCUT2D eigenvalue weighted by Gasteiger charge is -2.21. The predicted molar refractivity (Wildman–Crippen MR) is 74.0 cm³/mol. The first-order valence-corrected chi connectivity index (χ1v) is 6.62. The van der Waals surface area contributed by atoms with E-state index in [0.717, 1.165) is 24.8 Å². The zero-order valence-electron chi connectivity index (χ0n) is 10.2. The predicted octanol–water partition coefficient (Wildman–Crippen LogP) is 3.93. The van der Waals surface area contributed by atoms with Gasteiger partial charge in [0.05, 0.1) is 0 Å². The van der Waals surface area contributed by atoms with Crippen LogP contribution in [0.25, 0.3) is 16.8 Å². The van der Waals surface area contributed by atoms with Gasteiger partial charge in [0.1, 0.15) is 0 Å². The van der Waals surface area contributed by atoms with Gasteiger partial charge in [-0.1, -0.05) is 36.4 Å². The summed E-state index contributed by atoms with van der Waals surface area (Å²) in [5, 5.41) is 2.53. The first-order valence-electron chi connectivity index (χ1n) is 6.62. The number of aryl methyl sites for hydroxylation is 2. The smallest absolute Gasteiger partial charge is 0.163 e. The van der Waals surface area contributed by atoms with E-state index >= 15 is 0 Å². The lowest BCUT2D eigenvalue weighted by atomic mass is 9.82. The highest BCUT2D eigenvalue weighted by Gasteiger charge is 2.21. The number of carbonyl (C=O) groups excluding carboxylic acids is 1. The number of allylic oxidation sites excluding steroid dienone is 1. The molecule has 0 saturated carbocycles. The standard InChI is InChI=1S/C17H14O/c18-16-9-8-12-10-11-4-1-2-5-13(11)14-6-3-7-15(16)17(12)14/h1,3-4,6-7,10H,2,5,8-9H2. The Kier molecular flexibility index (Phi) is 1.99. The number of carbonyl (C=O) groups is 1. The molecular formula is C17H14O. The lowest BCUT2D eigenvalue weighted by molar-refractivity contribution is 0.0982. The largest absolute Gasteiger partial charge is 0.294 e. The van der Waals surface area contributed by atoms with Gasteiger partial charge in [-0.2, -0.15) is 0 Å². The van der Waals surface area contributed by atoms with Crippen molar-refractivity contribution in [2.24, 2.45) is 0 Å². The Morgan fingerprint density at radius 2 is 2.00 bits per heavy atom. The van der Waals surface area contributed by atoms with Crippen LogP contribution >= 0.6 is 0 Å². The summed E-state index contributed by atoms with van der Waals surface area (Å²) in [5.41, 5.74) is 5.07. The van der Waals surface area contributed by atoms with Gasteiger partial charge in [-0.15, -0.1) is 0 Å². The van der Waals surface area contributed by atoms with E-state index in [2.05, 4.69) is 24.3 Å². The summed E-state index contributed by atoms with van der Waals surface area (Å²) in [7, 11) is 0. The minimum absolute atomic E-state index is 0.305. The molecule has 0 amide bonds. The third kappa shape index (κ3) is 1.25. The maximum absolute atomic E-state index is 12.0. The highest BCUT2D eigenvalue weighted by molar-refractivity contribution is 6.12. The molecular weight excluding hydrogens is 220 g/mol. The zero-order valence-corrected chi connectivity index (χ0v) is 10.2. The van der Waals surface area contributed by atoms with Crippen LogP contribution in [0.4, 0.5) is 0 Å². The molecule has 0 N–H and O–H groups in total. The van der Waals surface area contributed by atoms with Crippen molar-refractivity contribution in [2.45, 2.75) is 25.7 Å². The van der Waals surface area contributed by atoms with E-state index in [1.807, 2.05) is 12.1 Å². The summed E-state index contributed by atoms with van der Waals surface area (Å²) in [6, 6.07) is 8.49. The molecule has 0 heterocycles. The number of Topliss-reactive ketones (excluding diaryl/α,β-unsaturated/α-hetero) is 1. The van der Waals surface area contributed by atoms with E-state index in [4.69, 9.17) is 0 Å². The molecule has 88 valence electrons. The van der Waals surface area contributed by atoms with Crippen molar-refractivity contribution in [3.63, 3.8) is 0 Å². The van der Waals surface area contributed by atoms with Crippen LogP contribution in [0.3, 0.4) is 0 Å². The van der Waals surface area contributed by atoms with E-state index in [9.17, 15) is 4.79 Å². The number of fused-ring (bicyclic) bond motifs is 2. The highest BCUT2D eigenvalue weighted by Crippen LogP contribution is 2.36. The van der Waals surface area contributed by atoms with Gasteiger partial charge in [0, 0.05) is 12.0 Å². The molecule has 0 fully saturated rings. The molecule has 0 radical (unpaired) electrons. The summed E-state index contributed by atoms with van der Waals surface area (Å²) in [6.45, 7) is 0. The third-order valence-corrected chi connectivity index (χ3v) is 4.17. The molecule has 0 bridgehead atoms. The fraction of sp³-hybridized carbons (Fsp3) is 0.235. The zero-order chi connectivity index (χ0) is 12.1. The van der Waals surface area contributed by atoms with Crippen molar-refractivity contribution in [3.05, 3.63) is 52.6 Å². The first-order chi connectivity index (χ1) is 8.84. The molecule has 4 rings (SSSR count). The summed E-state index contributed by atoms with van der Waals surface area (Å²) >= 11 is 0. The van der Waals surface area contributed by atoms with E-state index in [-0.39, 0.29) is 0 Å². The quantitative estimate of drug-likeness (QED) is 0.675. The number of hydrogen-bond donors (Lipinski definition) is 0. The molecule has 1 nitrogen and oxygen atoms in total. The summed E-state index contributed by atoms with van der Waals surface area (Å²) in [5.74, 6) is 0.305. The summed E-state index contributed by atoms with van der Waals surface area (Å²) in [4.78, 5) is 12.0. The second kappa shape index (κ2) is 3.55. The fourth-order valence-electron chi connectivity index (χ4n) is 3.33. The molecule has 0 aliphatic heterocycles. The Labute approximate surface area is 106 Å². The van der Waals surface area contributed by atoms with Crippen LogP contribution < -0.4 is 0 Å². The molecule has 1 heteroatoms. The monoisotopic (exact) mass is 234 g/mol. The second-order valence-corrected chi connectivity index (χ2v) is 5.20. The molecule has 0 unspecified atom stereocenters. The third-order valence-electron chi connectivity index (χ3n) is 4.17.